The Morgan fingerprint density at radius 1 is 1.36 bits per heavy atom. The Kier molecular flexibility index (Phi) is 5.66. The SMILES string of the molecule is COc1cc(C=C(C#N)C(=O)Nc2sc3c(c2C(N)=O)CCCC3)ccc1O. The van der Waals surface area contributed by atoms with Gasteiger partial charge in [-0.2, -0.15) is 5.26 Å². The average molecular weight is 397 g/mol. The van der Waals surface area contributed by atoms with E-state index in [9.17, 15) is 20.0 Å². The molecule has 2 amide bonds. The number of nitrogens with zero attached hydrogens (tertiary/aromatic N) is 1. The zero-order valence-corrected chi connectivity index (χ0v) is 16.1. The molecule has 7 nitrogen and oxygen atoms in total. The lowest BCUT2D eigenvalue weighted by atomic mass is 9.95. The number of methoxy groups -OCH3 is 1. The third-order valence-corrected chi connectivity index (χ3v) is 5.73. The van der Waals surface area contributed by atoms with Crippen LogP contribution in [0.5, 0.6) is 11.5 Å². The predicted molar refractivity (Wildman–Crippen MR) is 106 cm³/mol. The highest BCUT2D eigenvalue weighted by atomic mass is 32.1. The number of nitriles is 1. The molecule has 144 valence electrons. The van der Waals surface area contributed by atoms with Crippen LogP contribution in [-0.4, -0.2) is 24.0 Å². The monoisotopic (exact) mass is 397 g/mol. The number of amides is 2. The van der Waals surface area contributed by atoms with Crippen molar-refractivity contribution in [3.8, 4) is 17.6 Å². The molecule has 1 heterocycles. The molecule has 0 fully saturated rings. The average Bonchev–Trinajstić information content (AvgIpc) is 3.05. The molecule has 0 saturated heterocycles. The molecule has 1 aliphatic carbocycles. The second-order valence-electron chi connectivity index (χ2n) is 6.33. The second kappa shape index (κ2) is 8.15. The standard InChI is InChI=1S/C20H19N3O4S/c1-27-15-9-11(6-7-14(15)24)8-12(10-21)19(26)23-20-17(18(22)25)13-4-2-3-5-16(13)28-20/h6-9,24H,2-5H2,1H3,(H2,22,25)(H,23,26). The van der Waals surface area contributed by atoms with Crippen LogP contribution in [0.4, 0.5) is 5.00 Å². The molecule has 0 spiro atoms. The van der Waals surface area contributed by atoms with Gasteiger partial charge in [0.25, 0.3) is 11.8 Å². The number of nitrogens with one attached hydrogen (secondary N) is 1. The van der Waals surface area contributed by atoms with Crippen molar-refractivity contribution in [2.24, 2.45) is 5.73 Å². The van der Waals surface area contributed by atoms with Crippen LogP contribution >= 0.6 is 11.3 Å². The van der Waals surface area contributed by atoms with E-state index in [-0.39, 0.29) is 17.1 Å². The number of benzene rings is 1. The number of fused-ring (bicyclic) bond motifs is 1. The van der Waals surface area contributed by atoms with Gasteiger partial charge in [-0.15, -0.1) is 11.3 Å². The molecule has 0 unspecified atom stereocenters. The van der Waals surface area contributed by atoms with E-state index in [0.29, 0.717) is 16.1 Å². The summed E-state index contributed by atoms with van der Waals surface area (Å²) < 4.78 is 5.03. The number of aromatic hydroxyl groups is 1. The molecule has 1 aliphatic rings. The van der Waals surface area contributed by atoms with Gasteiger partial charge in [0.1, 0.15) is 16.6 Å². The van der Waals surface area contributed by atoms with E-state index in [1.807, 2.05) is 6.07 Å². The number of anilines is 1. The number of nitrogens with two attached hydrogens (primary N) is 1. The number of hydrogen-bond acceptors (Lipinski definition) is 6. The lowest BCUT2D eigenvalue weighted by Crippen LogP contribution is -2.19. The number of rotatable bonds is 5. The Hall–Kier alpha value is -3.31. The predicted octanol–water partition coefficient (Wildman–Crippen LogP) is 2.99. The largest absolute Gasteiger partial charge is 0.504 e. The fraction of sp³-hybridized carbons (Fsp3) is 0.250. The summed E-state index contributed by atoms with van der Waals surface area (Å²) in [6.45, 7) is 0. The quantitative estimate of drug-likeness (QED) is 0.528. The van der Waals surface area contributed by atoms with Gasteiger partial charge in [-0.05, 0) is 55.0 Å². The Balaban J connectivity index is 1.90. The van der Waals surface area contributed by atoms with E-state index >= 15 is 0 Å². The summed E-state index contributed by atoms with van der Waals surface area (Å²) in [6.07, 6.45) is 5.00. The lowest BCUT2D eigenvalue weighted by molar-refractivity contribution is -0.112. The molecule has 0 aliphatic heterocycles. The summed E-state index contributed by atoms with van der Waals surface area (Å²) in [5, 5.41) is 22.1. The molecule has 4 N–H and O–H groups in total. The van der Waals surface area contributed by atoms with Crippen LogP contribution in [0, 0.1) is 11.3 Å². The van der Waals surface area contributed by atoms with Gasteiger partial charge < -0.3 is 20.9 Å². The van der Waals surface area contributed by atoms with Gasteiger partial charge >= 0.3 is 0 Å². The first-order valence-electron chi connectivity index (χ1n) is 8.69. The van der Waals surface area contributed by atoms with E-state index in [0.717, 1.165) is 36.1 Å². The minimum Gasteiger partial charge on any atom is -0.504 e. The third-order valence-electron chi connectivity index (χ3n) is 4.52. The fourth-order valence-electron chi connectivity index (χ4n) is 3.18. The van der Waals surface area contributed by atoms with Gasteiger partial charge in [0.05, 0.1) is 12.7 Å². The first-order chi connectivity index (χ1) is 13.4. The minimum absolute atomic E-state index is 0.0436. The minimum atomic E-state index is -0.629. The van der Waals surface area contributed by atoms with Gasteiger partial charge in [0, 0.05) is 4.88 Å². The Labute approximate surface area is 166 Å². The topological polar surface area (TPSA) is 125 Å². The van der Waals surface area contributed by atoms with Gasteiger partial charge in [-0.1, -0.05) is 6.07 Å². The van der Waals surface area contributed by atoms with Crippen LogP contribution in [0.2, 0.25) is 0 Å². The summed E-state index contributed by atoms with van der Waals surface area (Å²) in [7, 11) is 1.41. The Morgan fingerprint density at radius 2 is 2.11 bits per heavy atom. The first kappa shape index (κ1) is 19.5. The molecule has 8 heteroatoms. The van der Waals surface area contributed by atoms with E-state index in [1.165, 1.54) is 36.7 Å². The molecule has 28 heavy (non-hydrogen) atoms. The van der Waals surface area contributed by atoms with E-state index in [1.54, 1.807) is 6.07 Å². The number of phenols is 1. The number of carbonyl (C=O) groups is 2. The zero-order chi connectivity index (χ0) is 20.3. The molecule has 1 aromatic heterocycles. The van der Waals surface area contributed by atoms with Crippen LogP contribution in [-0.2, 0) is 17.6 Å². The third kappa shape index (κ3) is 3.85. The lowest BCUT2D eigenvalue weighted by Gasteiger charge is -2.11. The fourth-order valence-corrected chi connectivity index (χ4v) is 4.47. The highest BCUT2D eigenvalue weighted by molar-refractivity contribution is 7.17. The zero-order valence-electron chi connectivity index (χ0n) is 15.2. The smallest absolute Gasteiger partial charge is 0.266 e. The molecule has 0 radical (unpaired) electrons. The Bertz CT molecular complexity index is 1020. The molecular formula is C20H19N3O4S. The van der Waals surface area contributed by atoms with Gasteiger partial charge in [0.15, 0.2) is 11.5 Å². The molecule has 0 atom stereocenters. The highest BCUT2D eigenvalue weighted by Crippen LogP contribution is 2.38. The number of hydrogen-bond donors (Lipinski definition) is 3. The summed E-state index contributed by atoms with van der Waals surface area (Å²) in [5.41, 5.74) is 7.16. The van der Waals surface area contributed by atoms with E-state index in [4.69, 9.17) is 10.5 Å². The first-order valence-corrected chi connectivity index (χ1v) is 9.50. The number of thiophene rings is 1. The molecule has 0 bridgehead atoms. The number of carbonyl (C=O) groups excluding carboxylic acids is 2. The maximum Gasteiger partial charge on any atom is 0.266 e. The van der Waals surface area contributed by atoms with Crippen LogP contribution in [0.15, 0.2) is 23.8 Å². The van der Waals surface area contributed by atoms with Crippen molar-refractivity contribution in [1.82, 2.24) is 0 Å². The van der Waals surface area contributed by atoms with E-state index in [2.05, 4.69) is 5.32 Å². The number of primary amides is 1. The summed E-state index contributed by atoms with van der Waals surface area (Å²) >= 11 is 1.34. The summed E-state index contributed by atoms with van der Waals surface area (Å²) in [4.78, 5) is 25.6. The molecule has 2 aromatic rings. The number of phenolic OH excluding ortho intramolecular Hbond substituents is 1. The van der Waals surface area contributed by atoms with Crippen LogP contribution < -0.4 is 15.8 Å². The van der Waals surface area contributed by atoms with Crippen molar-refractivity contribution >= 4 is 34.2 Å². The van der Waals surface area contributed by atoms with Crippen LogP contribution in [0.25, 0.3) is 6.08 Å². The summed E-state index contributed by atoms with van der Waals surface area (Å²) in [6, 6.07) is 6.35. The maximum atomic E-state index is 12.6. The second-order valence-corrected chi connectivity index (χ2v) is 7.44. The molecule has 1 aromatic carbocycles. The molecule has 0 saturated carbocycles. The van der Waals surface area contributed by atoms with Crippen molar-refractivity contribution in [2.45, 2.75) is 25.7 Å². The normalized spacial score (nSPS) is 13.4. The van der Waals surface area contributed by atoms with Crippen LogP contribution in [0.1, 0.15) is 39.2 Å². The molecular weight excluding hydrogens is 378 g/mol. The van der Waals surface area contributed by atoms with Crippen LogP contribution in [0.3, 0.4) is 0 Å². The maximum absolute atomic E-state index is 12.6. The van der Waals surface area contributed by atoms with Gasteiger partial charge in [-0.25, -0.2) is 0 Å². The highest BCUT2D eigenvalue weighted by Gasteiger charge is 2.25. The van der Waals surface area contributed by atoms with Crippen molar-refractivity contribution in [3.05, 3.63) is 45.3 Å². The van der Waals surface area contributed by atoms with Crippen molar-refractivity contribution in [1.29, 1.82) is 5.26 Å². The van der Waals surface area contributed by atoms with E-state index < -0.39 is 11.8 Å². The van der Waals surface area contributed by atoms with Gasteiger partial charge in [0.2, 0.25) is 0 Å². The van der Waals surface area contributed by atoms with Gasteiger partial charge in [-0.3, -0.25) is 9.59 Å². The van der Waals surface area contributed by atoms with Crippen molar-refractivity contribution < 1.29 is 19.4 Å². The molecule has 3 rings (SSSR count). The number of ether oxygens (including phenoxy) is 1. The number of aryl methyl sites for hydroxylation is 1. The van der Waals surface area contributed by atoms with Crippen molar-refractivity contribution in [2.75, 3.05) is 12.4 Å². The summed E-state index contributed by atoms with van der Waals surface area (Å²) in [5.74, 6) is -1.03. The Morgan fingerprint density at radius 3 is 2.79 bits per heavy atom. The van der Waals surface area contributed by atoms with Crippen molar-refractivity contribution in [3.63, 3.8) is 0 Å².